The summed E-state index contributed by atoms with van der Waals surface area (Å²) in [5, 5.41) is 30.5. The standard InChI is InChI=1S/C14H17N3O7S/c1-10-2-4-11(5-3-10)25(22,23)24-9-13(19)12(18)8-16-7-6-15-14(16)17(20)21/h2-7,12-13,18-19H,8-9H2,1H3. The van der Waals surface area contributed by atoms with Crippen molar-refractivity contribution in [3.63, 3.8) is 0 Å². The van der Waals surface area contributed by atoms with E-state index in [1.165, 1.54) is 24.5 Å². The number of imidazole rings is 1. The first kappa shape index (κ1) is 19.0. The maximum absolute atomic E-state index is 12.0. The molecule has 136 valence electrons. The summed E-state index contributed by atoms with van der Waals surface area (Å²) < 4.78 is 29.8. The first-order chi connectivity index (χ1) is 11.7. The van der Waals surface area contributed by atoms with Gasteiger partial charge in [0.25, 0.3) is 10.1 Å². The van der Waals surface area contributed by atoms with Gasteiger partial charge in [-0.3, -0.25) is 4.18 Å². The van der Waals surface area contributed by atoms with Crippen LogP contribution in [0.15, 0.2) is 41.6 Å². The Balaban J connectivity index is 1.97. The second-order valence-electron chi connectivity index (χ2n) is 5.32. The first-order valence-electron chi connectivity index (χ1n) is 7.18. The Hall–Kier alpha value is -2.34. The van der Waals surface area contributed by atoms with E-state index in [0.29, 0.717) is 0 Å². The van der Waals surface area contributed by atoms with Gasteiger partial charge in [-0.1, -0.05) is 22.7 Å². The molecule has 2 unspecified atom stereocenters. The molecule has 2 rings (SSSR count). The highest BCUT2D eigenvalue weighted by Gasteiger charge is 2.25. The number of nitrogens with zero attached hydrogens (tertiary/aromatic N) is 3. The zero-order chi connectivity index (χ0) is 18.6. The first-order valence-corrected chi connectivity index (χ1v) is 8.59. The molecule has 0 aliphatic carbocycles. The lowest BCUT2D eigenvalue weighted by Crippen LogP contribution is -2.35. The Morgan fingerprint density at radius 1 is 1.28 bits per heavy atom. The SMILES string of the molecule is Cc1ccc(S(=O)(=O)OCC(O)C(O)Cn2ccnc2[N+](=O)[O-])cc1. The van der Waals surface area contributed by atoms with E-state index in [-0.39, 0.29) is 11.4 Å². The van der Waals surface area contributed by atoms with Crippen LogP contribution in [0.25, 0.3) is 0 Å². The number of hydrogen-bond donors (Lipinski definition) is 2. The van der Waals surface area contributed by atoms with Crippen LogP contribution in [0.2, 0.25) is 0 Å². The van der Waals surface area contributed by atoms with Gasteiger partial charge in [-0.2, -0.15) is 8.42 Å². The van der Waals surface area contributed by atoms with Crippen LogP contribution < -0.4 is 0 Å². The Labute approximate surface area is 143 Å². The van der Waals surface area contributed by atoms with Gasteiger partial charge in [0.05, 0.1) is 11.5 Å². The normalized spacial score (nSPS) is 14.2. The van der Waals surface area contributed by atoms with Gasteiger partial charge >= 0.3 is 5.95 Å². The highest BCUT2D eigenvalue weighted by atomic mass is 32.2. The van der Waals surface area contributed by atoms with Crippen molar-refractivity contribution in [3.05, 3.63) is 52.3 Å². The summed E-state index contributed by atoms with van der Waals surface area (Å²) in [6, 6.07) is 5.92. The quantitative estimate of drug-likeness (QED) is 0.381. The van der Waals surface area contributed by atoms with E-state index < -0.39 is 39.8 Å². The summed E-state index contributed by atoms with van der Waals surface area (Å²) in [5.41, 5.74) is 0.872. The molecule has 2 aromatic rings. The van der Waals surface area contributed by atoms with Gasteiger partial charge in [-0.05, 0) is 24.0 Å². The van der Waals surface area contributed by atoms with Gasteiger partial charge in [0.15, 0.2) is 0 Å². The lowest BCUT2D eigenvalue weighted by Gasteiger charge is -2.17. The summed E-state index contributed by atoms with van der Waals surface area (Å²) >= 11 is 0. The van der Waals surface area contributed by atoms with Crippen molar-refractivity contribution in [1.29, 1.82) is 0 Å². The lowest BCUT2D eigenvalue weighted by atomic mass is 10.2. The van der Waals surface area contributed by atoms with Gasteiger partial charge in [0.1, 0.15) is 31.1 Å². The number of aryl methyl sites for hydroxylation is 1. The molecule has 1 aromatic heterocycles. The summed E-state index contributed by atoms with van der Waals surface area (Å²) in [4.78, 5) is 13.4. The van der Waals surface area contributed by atoms with Crippen LogP contribution in [-0.4, -0.2) is 51.9 Å². The fraction of sp³-hybridized carbons (Fsp3) is 0.357. The zero-order valence-corrected chi connectivity index (χ0v) is 14.0. The Kier molecular flexibility index (Phi) is 5.85. The second-order valence-corrected chi connectivity index (χ2v) is 6.94. The third-order valence-electron chi connectivity index (χ3n) is 3.39. The molecule has 1 heterocycles. The van der Waals surface area contributed by atoms with Crippen molar-refractivity contribution in [2.75, 3.05) is 6.61 Å². The van der Waals surface area contributed by atoms with E-state index in [9.17, 15) is 28.7 Å². The van der Waals surface area contributed by atoms with E-state index in [2.05, 4.69) is 4.98 Å². The molecule has 25 heavy (non-hydrogen) atoms. The molecular weight excluding hydrogens is 354 g/mol. The molecule has 0 saturated heterocycles. The molecule has 0 radical (unpaired) electrons. The zero-order valence-electron chi connectivity index (χ0n) is 13.2. The van der Waals surface area contributed by atoms with E-state index in [1.807, 2.05) is 0 Å². The lowest BCUT2D eigenvalue weighted by molar-refractivity contribution is -0.397. The predicted molar refractivity (Wildman–Crippen MR) is 85.2 cm³/mol. The Bertz CT molecular complexity index is 832. The summed E-state index contributed by atoms with van der Waals surface area (Å²) in [7, 11) is -4.09. The Morgan fingerprint density at radius 3 is 2.52 bits per heavy atom. The molecule has 0 bridgehead atoms. The summed E-state index contributed by atoms with van der Waals surface area (Å²) in [5.74, 6) is -0.501. The van der Waals surface area contributed by atoms with Crippen LogP contribution in [0.3, 0.4) is 0 Å². The molecule has 2 atom stereocenters. The van der Waals surface area contributed by atoms with Gasteiger partial charge in [0.2, 0.25) is 0 Å². The fourth-order valence-electron chi connectivity index (χ4n) is 1.98. The van der Waals surface area contributed by atoms with Crippen LogP contribution in [-0.2, 0) is 20.8 Å². The van der Waals surface area contributed by atoms with Crippen LogP contribution >= 0.6 is 0 Å². The molecule has 0 saturated carbocycles. The number of aromatic nitrogens is 2. The average Bonchev–Trinajstić information content (AvgIpc) is 3.01. The smallest absolute Gasteiger partial charge is 0.390 e. The molecule has 0 fully saturated rings. The van der Waals surface area contributed by atoms with E-state index >= 15 is 0 Å². The molecule has 0 amide bonds. The van der Waals surface area contributed by atoms with E-state index in [4.69, 9.17) is 4.18 Å². The third kappa shape index (κ3) is 4.82. The van der Waals surface area contributed by atoms with Crippen molar-refractivity contribution in [2.24, 2.45) is 0 Å². The van der Waals surface area contributed by atoms with Crippen molar-refractivity contribution < 1.29 is 27.7 Å². The number of aliphatic hydroxyl groups excluding tert-OH is 2. The molecule has 0 aliphatic rings. The van der Waals surface area contributed by atoms with E-state index in [0.717, 1.165) is 10.1 Å². The van der Waals surface area contributed by atoms with Gasteiger partial charge in [-0.15, -0.1) is 0 Å². The highest BCUT2D eigenvalue weighted by molar-refractivity contribution is 7.86. The molecular formula is C14H17N3O7S. The minimum absolute atomic E-state index is 0.0787. The van der Waals surface area contributed by atoms with Crippen LogP contribution in [0.1, 0.15) is 5.56 Å². The number of rotatable bonds is 8. The maximum Gasteiger partial charge on any atom is 0.434 e. The number of nitro groups is 1. The maximum atomic E-state index is 12.0. The summed E-state index contributed by atoms with van der Waals surface area (Å²) in [6.07, 6.45) is -0.614. The van der Waals surface area contributed by atoms with Crippen molar-refractivity contribution in [1.82, 2.24) is 9.55 Å². The number of hydrogen-bond acceptors (Lipinski definition) is 8. The molecule has 0 spiro atoms. The predicted octanol–water partition coefficient (Wildman–Crippen LogP) is 0.227. The molecule has 0 aliphatic heterocycles. The van der Waals surface area contributed by atoms with Crippen LogP contribution in [0.5, 0.6) is 0 Å². The average molecular weight is 371 g/mol. The minimum atomic E-state index is -4.09. The fourth-order valence-corrected chi connectivity index (χ4v) is 2.91. The van der Waals surface area contributed by atoms with Crippen LogP contribution in [0, 0.1) is 17.0 Å². The third-order valence-corrected chi connectivity index (χ3v) is 4.68. The monoisotopic (exact) mass is 371 g/mol. The second kappa shape index (κ2) is 7.70. The van der Waals surface area contributed by atoms with Gasteiger partial charge in [0, 0.05) is 0 Å². The molecule has 11 heteroatoms. The van der Waals surface area contributed by atoms with Crippen molar-refractivity contribution >= 4 is 16.1 Å². The summed E-state index contributed by atoms with van der Waals surface area (Å²) in [6.45, 7) is 0.762. The van der Waals surface area contributed by atoms with Crippen LogP contribution in [0.4, 0.5) is 5.95 Å². The van der Waals surface area contributed by atoms with Gasteiger partial charge < -0.3 is 20.3 Å². The van der Waals surface area contributed by atoms with Crippen molar-refractivity contribution in [2.45, 2.75) is 30.6 Å². The Morgan fingerprint density at radius 2 is 1.92 bits per heavy atom. The highest BCUT2D eigenvalue weighted by Crippen LogP contribution is 2.15. The molecule has 10 nitrogen and oxygen atoms in total. The van der Waals surface area contributed by atoms with E-state index in [1.54, 1.807) is 19.1 Å². The molecule has 2 N–H and O–H groups in total. The largest absolute Gasteiger partial charge is 0.434 e. The minimum Gasteiger partial charge on any atom is -0.390 e. The van der Waals surface area contributed by atoms with Crippen molar-refractivity contribution in [3.8, 4) is 0 Å². The number of benzene rings is 1. The van der Waals surface area contributed by atoms with Gasteiger partial charge in [-0.25, -0.2) is 4.57 Å². The number of aliphatic hydroxyl groups is 2. The topological polar surface area (TPSA) is 145 Å². The molecule has 1 aromatic carbocycles.